The number of rotatable bonds is 3. The highest BCUT2D eigenvalue weighted by atomic mass is 79.9. The Morgan fingerprint density at radius 3 is 2.40 bits per heavy atom. The minimum atomic E-state index is -3.55. The van der Waals surface area contributed by atoms with Gasteiger partial charge in [0.05, 0.1) is 5.75 Å². The van der Waals surface area contributed by atoms with Crippen molar-refractivity contribution in [1.82, 2.24) is 0 Å². The van der Waals surface area contributed by atoms with Crippen molar-refractivity contribution >= 4 is 37.5 Å². The molecule has 1 heterocycles. The maximum absolute atomic E-state index is 12.1. The lowest BCUT2D eigenvalue weighted by Gasteiger charge is -2.19. The Morgan fingerprint density at radius 2 is 1.90 bits per heavy atom. The molecule has 2 N–H and O–H groups in total. The Hall–Kier alpha value is -0.920. The van der Waals surface area contributed by atoms with E-state index in [-0.39, 0.29) is 24.0 Å². The molecule has 0 bridgehead atoms. The van der Waals surface area contributed by atoms with Crippen molar-refractivity contribution in [2.24, 2.45) is 11.1 Å². The number of primary sulfonamides is 1. The first kappa shape index (κ1) is 15.5. The number of amides is 1. The fourth-order valence-corrected chi connectivity index (χ4v) is 3.66. The van der Waals surface area contributed by atoms with Gasteiger partial charge in [0.2, 0.25) is 15.9 Å². The van der Waals surface area contributed by atoms with Gasteiger partial charge in [-0.15, -0.1) is 0 Å². The maximum Gasteiger partial charge on any atom is 0.227 e. The molecule has 1 atom stereocenters. The van der Waals surface area contributed by atoms with Gasteiger partial charge in [0.15, 0.2) is 0 Å². The number of nitrogens with two attached hydrogens (primary N) is 1. The molecular formula is C13H17BrN2O3S. The van der Waals surface area contributed by atoms with Crippen LogP contribution in [0, 0.1) is 19.8 Å². The summed E-state index contributed by atoms with van der Waals surface area (Å²) in [4.78, 5) is 13.7. The van der Waals surface area contributed by atoms with Gasteiger partial charge in [-0.05, 0) is 37.1 Å². The molecule has 0 radical (unpaired) electrons. The van der Waals surface area contributed by atoms with E-state index in [0.29, 0.717) is 6.54 Å². The van der Waals surface area contributed by atoms with Crippen LogP contribution in [-0.4, -0.2) is 26.6 Å². The van der Waals surface area contributed by atoms with E-state index in [2.05, 4.69) is 15.9 Å². The van der Waals surface area contributed by atoms with Crippen molar-refractivity contribution in [3.63, 3.8) is 0 Å². The van der Waals surface area contributed by atoms with E-state index >= 15 is 0 Å². The minimum Gasteiger partial charge on any atom is -0.312 e. The molecule has 0 spiro atoms. The Labute approximate surface area is 127 Å². The fourth-order valence-electron chi connectivity index (χ4n) is 2.55. The summed E-state index contributed by atoms with van der Waals surface area (Å²) in [6.07, 6.45) is 0.227. The zero-order valence-electron chi connectivity index (χ0n) is 11.4. The highest BCUT2D eigenvalue weighted by Gasteiger charge is 2.33. The van der Waals surface area contributed by atoms with Crippen LogP contribution < -0.4 is 10.0 Å². The van der Waals surface area contributed by atoms with Crippen LogP contribution in [-0.2, 0) is 14.8 Å². The molecule has 1 unspecified atom stereocenters. The molecule has 1 amide bonds. The summed E-state index contributed by atoms with van der Waals surface area (Å²) in [6, 6.07) is 3.85. The smallest absolute Gasteiger partial charge is 0.227 e. The SMILES string of the molecule is Cc1cc(N2CC(CS(N)(=O)=O)CC2=O)cc(C)c1Br. The number of carbonyl (C=O) groups excluding carboxylic acids is 1. The van der Waals surface area contributed by atoms with Crippen molar-refractivity contribution in [3.8, 4) is 0 Å². The average Bonchev–Trinajstić information content (AvgIpc) is 2.63. The van der Waals surface area contributed by atoms with E-state index < -0.39 is 10.0 Å². The second-order valence-electron chi connectivity index (χ2n) is 5.30. The third kappa shape index (κ3) is 3.39. The van der Waals surface area contributed by atoms with Gasteiger partial charge in [0, 0.05) is 29.0 Å². The lowest BCUT2D eigenvalue weighted by molar-refractivity contribution is -0.117. The number of hydrogen-bond acceptors (Lipinski definition) is 3. The number of anilines is 1. The predicted octanol–water partition coefficient (Wildman–Crippen LogP) is 1.71. The van der Waals surface area contributed by atoms with Gasteiger partial charge in [-0.3, -0.25) is 4.79 Å². The maximum atomic E-state index is 12.1. The molecule has 7 heteroatoms. The second kappa shape index (κ2) is 5.46. The highest BCUT2D eigenvalue weighted by Crippen LogP contribution is 2.31. The van der Waals surface area contributed by atoms with E-state index in [1.54, 1.807) is 4.90 Å². The number of halogens is 1. The summed E-state index contributed by atoms with van der Waals surface area (Å²) in [6.45, 7) is 4.32. The molecule has 0 saturated carbocycles. The van der Waals surface area contributed by atoms with E-state index in [9.17, 15) is 13.2 Å². The summed E-state index contributed by atoms with van der Waals surface area (Å²) in [5.74, 6) is -0.439. The third-order valence-corrected chi connectivity index (χ3v) is 5.59. The van der Waals surface area contributed by atoms with Gasteiger partial charge in [0.25, 0.3) is 0 Å². The first-order valence-corrected chi connectivity index (χ1v) is 8.76. The number of benzene rings is 1. The Kier molecular flexibility index (Phi) is 4.22. The summed E-state index contributed by atoms with van der Waals surface area (Å²) < 4.78 is 23.3. The van der Waals surface area contributed by atoms with Crippen LogP contribution in [0.5, 0.6) is 0 Å². The number of hydrogen-bond donors (Lipinski definition) is 1. The standard InChI is InChI=1S/C13H17BrN2O3S/c1-8-3-11(4-9(2)13(8)14)16-6-10(5-12(16)17)7-20(15,18)19/h3-4,10H,5-7H2,1-2H3,(H2,15,18,19). The van der Waals surface area contributed by atoms with Gasteiger partial charge in [-0.2, -0.15) is 0 Å². The summed E-state index contributed by atoms with van der Waals surface area (Å²) in [5, 5.41) is 5.05. The summed E-state index contributed by atoms with van der Waals surface area (Å²) in [7, 11) is -3.55. The fraction of sp³-hybridized carbons (Fsp3) is 0.462. The Bertz CT molecular complexity index is 635. The Balaban J connectivity index is 2.24. The molecule has 1 aromatic rings. The van der Waals surface area contributed by atoms with E-state index in [1.807, 2.05) is 26.0 Å². The number of aryl methyl sites for hydroxylation is 2. The largest absolute Gasteiger partial charge is 0.312 e. The topological polar surface area (TPSA) is 80.5 Å². The van der Waals surface area contributed by atoms with Crippen LogP contribution in [0.1, 0.15) is 17.5 Å². The molecule has 0 aliphatic carbocycles. The van der Waals surface area contributed by atoms with Crippen LogP contribution in [0.15, 0.2) is 16.6 Å². The highest BCUT2D eigenvalue weighted by molar-refractivity contribution is 9.10. The summed E-state index contributed by atoms with van der Waals surface area (Å²) >= 11 is 3.49. The van der Waals surface area contributed by atoms with E-state index in [1.165, 1.54) is 0 Å². The lowest BCUT2D eigenvalue weighted by Crippen LogP contribution is -2.27. The minimum absolute atomic E-state index is 0.0558. The molecule has 1 aliphatic heterocycles. The van der Waals surface area contributed by atoms with Gasteiger partial charge in [-0.1, -0.05) is 15.9 Å². The van der Waals surface area contributed by atoms with E-state index in [4.69, 9.17) is 5.14 Å². The average molecular weight is 361 g/mol. The zero-order valence-corrected chi connectivity index (χ0v) is 13.8. The van der Waals surface area contributed by atoms with Crippen LogP contribution in [0.3, 0.4) is 0 Å². The number of sulfonamides is 1. The zero-order chi connectivity index (χ0) is 15.1. The number of nitrogens with zero attached hydrogens (tertiary/aromatic N) is 1. The predicted molar refractivity (Wildman–Crippen MR) is 82.1 cm³/mol. The molecule has 5 nitrogen and oxygen atoms in total. The van der Waals surface area contributed by atoms with Crippen LogP contribution in [0.25, 0.3) is 0 Å². The molecule has 1 aliphatic rings. The van der Waals surface area contributed by atoms with Crippen LogP contribution >= 0.6 is 15.9 Å². The van der Waals surface area contributed by atoms with Crippen LogP contribution in [0.4, 0.5) is 5.69 Å². The Morgan fingerprint density at radius 1 is 1.35 bits per heavy atom. The second-order valence-corrected chi connectivity index (χ2v) is 7.75. The van der Waals surface area contributed by atoms with Crippen molar-refractivity contribution in [1.29, 1.82) is 0 Å². The molecular weight excluding hydrogens is 344 g/mol. The normalized spacial score (nSPS) is 19.7. The molecule has 1 fully saturated rings. The van der Waals surface area contributed by atoms with Gasteiger partial charge < -0.3 is 4.90 Å². The molecule has 0 aromatic heterocycles. The number of carbonyl (C=O) groups is 1. The van der Waals surface area contributed by atoms with Gasteiger partial charge >= 0.3 is 0 Å². The van der Waals surface area contributed by atoms with Crippen molar-refractivity contribution in [3.05, 3.63) is 27.7 Å². The first-order valence-electron chi connectivity index (χ1n) is 6.25. The van der Waals surface area contributed by atoms with E-state index in [0.717, 1.165) is 21.3 Å². The molecule has 1 aromatic carbocycles. The third-order valence-electron chi connectivity index (χ3n) is 3.41. The lowest BCUT2D eigenvalue weighted by atomic mass is 10.1. The van der Waals surface area contributed by atoms with Crippen molar-refractivity contribution in [2.45, 2.75) is 20.3 Å². The quantitative estimate of drug-likeness (QED) is 0.890. The monoisotopic (exact) mass is 360 g/mol. The van der Waals surface area contributed by atoms with Gasteiger partial charge in [0.1, 0.15) is 0 Å². The first-order chi connectivity index (χ1) is 9.17. The molecule has 110 valence electrons. The molecule has 1 saturated heterocycles. The summed E-state index contributed by atoms with van der Waals surface area (Å²) in [5.41, 5.74) is 2.90. The molecule has 20 heavy (non-hydrogen) atoms. The van der Waals surface area contributed by atoms with Gasteiger partial charge in [-0.25, -0.2) is 13.6 Å². The van der Waals surface area contributed by atoms with Crippen molar-refractivity contribution in [2.75, 3.05) is 17.2 Å². The molecule has 2 rings (SSSR count). The van der Waals surface area contributed by atoms with Crippen molar-refractivity contribution < 1.29 is 13.2 Å². The van der Waals surface area contributed by atoms with Crippen LogP contribution in [0.2, 0.25) is 0 Å².